The van der Waals surface area contributed by atoms with Crippen LogP contribution in [0.1, 0.15) is 45.0 Å². The molecule has 1 aromatic heterocycles. The number of rotatable bonds is 5. The average molecular weight is 450 g/mol. The van der Waals surface area contributed by atoms with Gasteiger partial charge in [0.1, 0.15) is 5.00 Å². The fraction of sp³-hybridized carbons (Fsp3) is 0.350. The van der Waals surface area contributed by atoms with Crippen LogP contribution in [0.3, 0.4) is 0 Å². The summed E-state index contributed by atoms with van der Waals surface area (Å²) in [7, 11) is 0. The zero-order valence-electron chi connectivity index (χ0n) is 15.1. The second kappa shape index (κ2) is 8.35. The van der Waals surface area contributed by atoms with Crippen LogP contribution in [0.15, 0.2) is 30.3 Å². The molecule has 1 heterocycles. The molecule has 0 bridgehead atoms. The van der Waals surface area contributed by atoms with Gasteiger partial charge in [0, 0.05) is 6.92 Å². The fourth-order valence-electron chi connectivity index (χ4n) is 3.32. The molecule has 3 rings (SSSR count). The van der Waals surface area contributed by atoms with E-state index in [0.29, 0.717) is 27.4 Å². The molecule has 0 radical (unpaired) electrons. The molecule has 0 fully saturated rings. The number of alkyl halides is 1. The molecule has 0 spiro atoms. The van der Waals surface area contributed by atoms with E-state index in [9.17, 15) is 14.4 Å². The van der Waals surface area contributed by atoms with E-state index >= 15 is 0 Å². The van der Waals surface area contributed by atoms with Crippen LogP contribution in [-0.2, 0) is 22.4 Å². The number of hydrogen-bond acceptors (Lipinski definition) is 5. The molecule has 1 amide bonds. The monoisotopic (exact) mass is 449 g/mol. The number of thiophene rings is 1. The maximum absolute atomic E-state index is 12.9. The number of hydrogen-bond donors (Lipinski definition) is 1. The first-order valence-electron chi connectivity index (χ1n) is 8.75. The summed E-state index contributed by atoms with van der Waals surface area (Å²) in [6.45, 7) is 3.33. The number of ketones is 1. The van der Waals surface area contributed by atoms with Crippen molar-refractivity contribution >= 4 is 49.9 Å². The maximum Gasteiger partial charge on any atom is 0.341 e. The molecule has 1 N–H and O–H groups in total. The van der Waals surface area contributed by atoms with Crippen molar-refractivity contribution in [2.75, 3.05) is 11.9 Å². The number of carbonyl (C=O) groups excluding carboxylic acids is 3. The number of nitrogens with one attached hydrogen (secondary N) is 1. The standard InChI is InChI=1S/C20H20BrNO4S/c1-3-26-20(25)15-14-10-13(9-12-7-5-4-6-8-12)16(21)17(24)18(14)27-19(15)22-11(2)23/h4-8,13,16H,3,9-10H2,1-2H3,(H,22,23). The molecule has 0 saturated heterocycles. The van der Waals surface area contributed by atoms with Gasteiger partial charge in [0.05, 0.1) is 21.9 Å². The molecule has 1 aliphatic rings. The molecule has 0 aliphatic heterocycles. The first-order chi connectivity index (χ1) is 12.9. The number of esters is 1. The lowest BCUT2D eigenvalue weighted by Gasteiger charge is -2.27. The van der Waals surface area contributed by atoms with Crippen LogP contribution < -0.4 is 5.32 Å². The Labute approximate surface area is 170 Å². The SMILES string of the molecule is CCOC(=O)c1c(NC(C)=O)sc2c1CC(Cc1ccccc1)C(Br)C2=O. The summed E-state index contributed by atoms with van der Waals surface area (Å²) in [4.78, 5) is 37.2. The number of halogens is 1. The van der Waals surface area contributed by atoms with Gasteiger partial charge in [0.2, 0.25) is 5.91 Å². The molecule has 2 aromatic rings. The van der Waals surface area contributed by atoms with E-state index in [1.165, 1.54) is 6.92 Å². The molecule has 27 heavy (non-hydrogen) atoms. The number of ether oxygens (including phenoxy) is 1. The minimum atomic E-state index is -0.502. The molecule has 1 aliphatic carbocycles. The fourth-order valence-corrected chi connectivity index (χ4v) is 5.32. The number of fused-ring (bicyclic) bond motifs is 1. The molecule has 142 valence electrons. The van der Waals surface area contributed by atoms with Crippen LogP contribution in [0, 0.1) is 5.92 Å². The van der Waals surface area contributed by atoms with Crippen LogP contribution in [0.2, 0.25) is 0 Å². The van der Waals surface area contributed by atoms with E-state index < -0.39 is 5.97 Å². The zero-order valence-corrected chi connectivity index (χ0v) is 17.5. The van der Waals surface area contributed by atoms with Crippen LogP contribution >= 0.6 is 27.3 Å². The number of benzene rings is 1. The second-order valence-corrected chi connectivity index (χ2v) is 8.44. The third-order valence-corrected chi connectivity index (χ3v) is 6.80. The molecule has 2 atom stereocenters. The van der Waals surface area contributed by atoms with Gasteiger partial charge in [-0.2, -0.15) is 0 Å². The van der Waals surface area contributed by atoms with E-state index in [1.807, 2.05) is 30.3 Å². The van der Waals surface area contributed by atoms with Crippen LogP contribution in [0.5, 0.6) is 0 Å². The molecule has 5 nitrogen and oxygen atoms in total. The van der Waals surface area contributed by atoms with Gasteiger partial charge in [-0.15, -0.1) is 11.3 Å². The third-order valence-electron chi connectivity index (χ3n) is 4.47. The lowest BCUT2D eigenvalue weighted by atomic mass is 9.82. The Balaban J connectivity index is 2.00. The van der Waals surface area contributed by atoms with Gasteiger partial charge >= 0.3 is 5.97 Å². The number of carbonyl (C=O) groups is 3. The Bertz CT molecular complexity index is 878. The summed E-state index contributed by atoms with van der Waals surface area (Å²) in [6, 6.07) is 9.96. The van der Waals surface area contributed by atoms with Gasteiger partial charge in [-0.1, -0.05) is 46.3 Å². The van der Waals surface area contributed by atoms with E-state index in [1.54, 1.807) is 6.92 Å². The van der Waals surface area contributed by atoms with Gasteiger partial charge in [-0.25, -0.2) is 4.79 Å². The highest BCUT2D eigenvalue weighted by atomic mass is 79.9. The highest BCUT2D eigenvalue weighted by Crippen LogP contribution is 2.42. The molecule has 0 saturated carbocycles. The van der Waals surface area contributed by atoms with Crippen LogP contribution in [0.25, 0.3) is 0 Å². The summed E-state index contributed by atoms with van der Waals surface area (Å²) in [5.74, 6) is -0.828. The molecule has 1 aromatic carbocycles. The Morgan fingerprint density at radius 2 is 2.00 bits per heavy atom. The summed E-state index contributed by atoms with van der Waals surface area (Å²) in [5.41, 5.74) is 2.14. The minimum absolute atomic E-state index is 0.0142. The quantitative estimate of drug-likeness (QED) is 0.546. The summed E-state index contributed by atoms with van der Waals surface area (Å²) in [5, 5.41) is 3.07. The molecule has 2 unspecified atom stereocenters. The summed E-state index contributed by atoms with van der Waals surface area (Å²) >= 11 is 4.71. The first-order valence-corrected chi connectivity index (χ1v) is 10.5. The van der Waals surface area contributed by atoms with E-state index in [4.69, 9.17) is 4.74 Å². The van der Waals surface area contributed by atoms with Crippen molar-refractivity contribution in [3.8, 4) is 0 Å². The lowest BCUT2D eigenvalue weighted by molar-refractivity contribution is -0.114. The Morgan fingerprint density at radius 1 is 1.30 bits per heavy atom. The van der Waals surface area contributed by atoms with Crippen molar-refractivity contribution in [3.63, 3.8) is 0 Å². The van der Waals surface area contributed by atoms with Gasteiger partial charge in [0.25, 0.3) is 0 Å². The number of anilines is 1. The third kappa shape index (κ3) is 4.14. The molecular weight excluding hydrogens is 430 g/mol. The largest absolute Gasteiger partial charge is 0.462 e. The Morgan fingerprint density at radius 3 is 2.63 bits per heavy atom. The van der Waals surface area contributed by atoms with Crippen molar-refractivity contribution in [2.45, 2.75) is 31.5 Å². The summed E-state index contributed by atoms with van der Waals surface area (Å²) in [6.07, 6.45) is 1.28. The first kappa shape index (κ1) is 19.8. The van der Waals surface area contributed by atoms with Crippen molar-refractivity contribution in [1.82, 2.24) is 0 Å². The minimum Gasteiger partial charge on any atom is -0.462 e. The highest BCUT2D eigenvalue weighted by Gasteiger charge is 2.39. The van der Waals surface area contributed by atoms with Crippen molar-refractivity contribution < 1.29 is 19.1 Å². The number of amides is 1. The second-order valence-electron chi connectivity index (χ2n) is 6.44. The molecule has 7 heteroatoms. The zero-order chi connectivity index (χ0) is 19.6. The van der Waals surface area contributed by atoms with Gasteiger partial charge in [-0.3, -0.25) is 9.59 Å². The van der Waals surface area contributed by atoms with Crippen LogP contribution in [-0.4, -0.2) is 29.1 Å². The van der Waals surface area contributed by atoms with Crippen molar-refractivity contribution in [2.24, 2.45) is 5.92 Å². The Kier molecular flexibility index (Phi) is 6.11. The Hall–Kier alpha value is -1.99. The highest BCUT2D eigenvalue weighted by molar-refractivity contribution is 9.10. The van der Waals surface area contributed by atoms with Crippen LogP contribution in [0.4, 0.5) is 5.00 Å². The lowest BCUT2D eigenvalue weighted by Crippen LogP contribution is -2.33. The van der Waals surface area contributed by atoms with Crippen molar-refractivity contribution in [1.29, 1.82) is 0 Å². The summed E-state index contributed by atoms with van der Waals surface area (Å²) < 4.78 is 5.18. The van der Waals surface area contributed by atoms with Gasteiger partial charge < -0.3 is 10.1 Å². The van der Waals surface area contributed by atoms with Crippen molar-refractivity contribution in [3.05, 3.63) is 51.9 Å². The van der Waals surface area contributed by atoms with Gasteiger partial charge in [0.15, 0.2) is 5.78 Å². The predicted octanol–water partition coefficient (Wildman–Crippen LogP) is 4.24. The average Bonchev–Trinajstić information content (AvgIpc) is 2.98. The normalized spacial score (nSPS) is 18.7. The van der Waals surface area contributed by atoms with Gasteiger partial charge in [-0.05, 0) is 36.8 Å². The van der Waals surface area contributed by atoms with E-state index in [0.717, 1.165) is 23.3 Å². The topological polar surface area (TPSA) is 72.5 Å². The number of Topliss-reactive ketones (excluding diaryl/α,β-unsaturated/α-hetero) is 1. The van der Waals surface area contributed by atoms with E-state index in [-0.39, 0.29) is 29.0 Å². The predicted molar refractivity (Wildman–Crippen MR) is 109 cm³/mol. The maximum atomic E-state index is 12.9. The van der Waals surface area contributed by atoms with E-state index in [2.05, 4.69) is 21.2 Å². The smallest absolute Gasteiger partial charge is 0.341 e. The molecular formula is C20H20BrNO4S.